The molecule has 0 fully saturated rings. The smallest absolute Gasteiger partial charge is 0.229 e. The number of rotatable bonds is 5. The van der Waals surface area contributed by atoms with Crippen molar-refractivity contribution in [3.63, 3.8) is 0 Å². The van der Waals surface area contributed by atoms with Gasteiger partial charge in [-0.3, -0.25) is 9.48 Å². The molecule has 28 heavy (non-hydrogen) atoms. The van der Waals surface area contributed by atoms with Crippen molar-refractivity contribution in [2.24, 2.45) is 7.05 Å². The molecule has 0 unspecified atom stereocenters. The average molecular weight is 372 g/mol. The molecule has 0 aliphatic carbocycles. The van der Waals surface area contributed by atoms with Crippen molar-refractivity contribution in [2.45, 2.75) is 6.92 Å². The third-order valence-electron chi connectivity index (χ3n) is 4.79. The van der Waals surface area contributed by atoms with Crippen LogP contribution in [0.4, 0.5) is 23.1 Å². The molecule has 2 aromatic carbocycles. The first-order valence-corrected chi connectivity index (χ1v) is 8.87. The van der Waals surface area contributed by atoms with Gasteiger partial charge >= 0.3 is 0 Å². The van der Waals surface area contributed by atoms with Gasteiger partial charge in [-0.25, -0.2) is 4.98 Å². The van der Waals surface area contributed by atoms with E-state index in [0.29, 0.717) is 11.5 Å². The standard InChI is InChI=1S/C21H20N6O/c1-14-18-9-8-17(12-19(18)25-27(14)3)26(2)20-10-11-22-21(24-20)23-16-6-4-15(13-28)5-7-16/h4-13H,1-3H3,(H,22,23,24). The van der Waals surface area contributed by atoms with Crippen molar-refractivity contribution in [2.75, 3.05) is 17.3 Å². The van der Waals surface area contributed by atoms with Gasteiger partial charge in [0.1, 0.15) is 12.1 Å². The van der Waals surface area contributed by atoms with Crippen LogP contribution in [0, 0.1) is 6.92 Å². The van der Waals surface area contributed by atoms with Crippen LogP contribution in [0.2, 0.25) is 0 Å². The molecule has 140 valence electrons. The predicted octanol–water partition coefficient (Wildman–Crippen LogP) is 4.00. The quantitative estimate of drug-likeness (QED) is 0.534. The first-order valence-electron chi connectivity index (χ1n) is 8.87. The van der Waals surface area contributed by atoms with E-state index in [9.17, 15) is 4.79 Å². The summed E-state index contributed by atoms with van der Waals surface area (Å²) in [7, 11) is 3.91. The fourth-order valence-electron chi connectivity index (χ4n) is 3.03. The zero-order valence-corrected chi connectivity index (χ0v) is 15.9. The Bertz CT molecular complexity index is 1150. The lowest BCUT2D eigenvalue weighted by Gasteiger charge is -2.19. The van der Waals surface area contributed by atoms with Gasteiger partial charge in [0.2, 0.25) is 5.95 Å². The van der Waals surface area contributed by atoms with Crippen LogP contribution in [0.5, 0.6) is 0 Å². The second-order valence-corrected chi connectivity index (χ2v) is 6.57. The number of aryl methyl sites for hydroxylation is 2. The van der Waals surface area contributed by atoms with Gasteiger partial charge in [0.05, 0.1) is 5.52 Å². The Morgan fingerprint density at radius 3 is 2.64 bits per heavy atom. The lowest BCUT2D eigenvalue weighted by Crippen LogP contribution is -2.12. The van der Waals surface area contributed by atoms with Gasteiger partial charge in [0.25, 0.3) is 0 Å². The number of aldehydes is 1. The van der Waals surface area contributed by atoms with Crippen molar-refractivity contribution in [1.29, 1.82) is 0 Å². The Morgan fingerprint density at radius 2 is 1.89 bits per heavy atom. The van der Waals surface area contributed by atoms with E-state index in [1.165, 1.54) is 0 Å². The maximum Gasteiger partial charge on any atom is 0.229 e. The number of fused-ring (bicyclic) bond motifs is 1. The Labute approximate surface area is 162 Å². The molecule has 7 heteroatoms. The SMILES string of the molecule is Cc1c2ccc(N(C)c3ccnc(Nc4ccc(C=O)cc4)n3)cc2nn1C. The number of nitrogens with one attached hydrogen (secondary N) is 1. The van der Waals surface area contributed by atoms with Crippen molar-refractivity contribution in [3.05, 3.63) is 66.0 Å². The van der Waals surface area contributed by atoms with Crippen molar-refractivity contribution in [3.8, 4) is 0 Å². The fourth-order valence-corrected chi connectivity index (χ4v) is 3.03. The molecular formula is C21H20N6O. The number of anilines is 4. The number of aromatic nitrogens is 4. The summed E-state index contributed by atoms with van der Waals surface area (Å²) in [5.74, 6) is 1.24. The minimum absolute atomic E-state index is 0.484. The largest absolute Gasteiger partial charge is 0.329 e. The van der Waals surface area contributed by atoms with Crippen molar-refractivity contribution < 1.29 is 4.79 Å². The lowest BCUT2D eigenvalue weighted by molar-refractivity contribution is 0.112. The molecule has 0 saturated heterocycles. The Balaban J connectivity index is 1.60. The van der Waals surface area contributed by atoms with Crippen molar-refractivity contribution in [1.82, 2.24) is 19.7 Å². The van der Waals surface area contributed by atoms with Crippen LogP contribution in [0.15, 0.2) is 54.7 Å². The van der Waals surface area contributed by atoms with Crippen LogP contribution in [-0.4, -0.2) is 33.1 Å². The van der Waals surface area contributed by atoms with E-state index in [4.69, 9.17) is 0 Å². The third kappa shape index (κ3) is 3.29. The maximum atomic E-state index is 10.8. The van der Waals surface area contributed by atoms with Crippen LogP contribution in [0.25, 0.3) is 10.9 Å². The molecule has 4 rings (SSSR count). The summed E-state index contributed by atoms with van der Waals surface area (Å²) >= 11 is 0. The topological polar surface area (TPSA) is 75.9 Å². The Hall–Kier alpha value is -3.74. The van der Waals surface area contributed by atoms with Gasteiger partial charge in [-0.1, -0.05) is 0 Å². The zero-order chi connectivity index (χ0) is 19.7. The Kier molecular flexibility index (Phi) is 4.49. The Morgan fingerprint density at radius 1 is 1.11 bits per heavy atom. The summed E-state index contributed by atoms with van der Waals surface area (Å²) < 4.78 is 1.89. The highest BCUT2D eigenvalue weighted by Gasteiger charge is 2.11. The molecule has 0 aliphatic heterocycles. The first kappa shape index (κ1) is 17.7. The molecule has 2 aromatic heterocycles. The predicted molar refractivity (Wildman–Crippen MR) is 111 cm³/mol. The van der Waals surface area contributed by atoms with E-state index in [2.05, 4.69) is 45.5 Å². The van der Waals surface area contributed by atoms with E-state index in [1.807, 2.05) is 41.9 Å². The summed E-state index contributed by atoms with van der Waals surface area (Å²) in [4.78, 5) is 21.7. The van der Waals surface area contributed by atoms with Crippen molar-refractivity contribution >= 4 is 40.3 Å². The molecular weight excluding hydrogens is 352 g/mol. The highest BCUT2D eigenvalue weighted by atomic mass is 16.1. The van der Waals surface area contributed by atoms with Gasteiger partial charge in [0.15, 0.2) is 0 Å². The molecule has 0 saturated carbocycles. The normalized spacial score (nSPS) is 10.8. The van der Waals surface area contributed by atoms with Crippen LogP contribution >= 0.6 is 0 Å². The van der Waals surface area contributed by atoms with Gasteiger partial charge in [-0.2, -0.15) is 10.1 Å². The summed E-state index contributed by atoms with van der Waals surface area (Å²) in [6.07, 6.45) is 2.53. The third-order valence-corrected chi connectivity index (χ3v) is 4.79. The van der Waals surface area contributed by atoms with Crippen LogP contribution in [0.3, 0.4) is 0 Å². The second-order valence-electron chi connectivity index (χ2n) is 6.57. The molecule has 0 radical (unpaired) electrons. The average Bonchev–Trinajstić information content (AvgIpc) is 3.01. The lowest BCUT2D eigenvalue weighted by atomic mass is 10.2. The van der Waals surface area contributed by atoms with Crippen LogP contribution in [-0.2, 0) is 7.05 Å². The number of hydrogen-bond acceptors (Lipinski definition) is 6. The molecule has 0 bridgehead atoms. The van der Waals surface area contributed by atoms with E-state index in [-0.39, 0.29) is 0 Å². The van der Waals surface area contributed by atoms with E-state index >= 15 is 0 Å². The minimum atomic E-state index is 0.484. The summed E-state index contributed by atoms with van der Waals surface area (Å²) in [5.41, 5.74) is 4.52. The molecule has 1 N–H and O–H groups in total. The summed E-state index contributed by atoms with van der Waals surface area (Å²) in [5, 5.41) is 8.86. The highest BCUT2D eigenvalue weighted by molar-refractivity contribution is 5.85. The van der Waals surface area contributed by atoms with E-state index in [1.54, 1.807) is 18.3 Å². The molecule has 7 nitrogen and oxygen atoms in total. The molecule has 0 spiro atoms. The molecule has 4 aromatic rings. The monoisotopic (exact) mass is 372 g/mol. The molecule has 0 aliphatic rings. The highest BCUT2D eigenvalue weighted by Crippen LogP contribution is 2.27. The van der Waals surface area contributed by atoms with Gasteiger partial charge in [-0.05, 0) is 55.5 Å². The first-order chi connectivity index (χ1) is 13.5. The van der Waals surface area contributed by atoms with E-state index < -0.39 is 0 Å². The zero-order valence-electron chi connectivity index (χ0n) is 15.9. The number of hydrogen-bond donors (Lipinski definition) is 1. The van der Waals surface area contributed by atoms with Gasteiger partial charge in [-0.15, -0.1) is 0 Å². The van der Waals surface area contributed by atoms with Crippen LogP contribution in [0.1, 0.15) is 16.1 Å². The second kappa shape index (κ2) is 7.11. The number of carbonyl (C=O) groups excluding carboxylic acids is 1. The molecule has 0 atom stereocenters. The number of nitrogens with zero attached hydrogens (tertiary/aromatic N) is 5. The van der Waals surface area contributed by atoms with E-state index in [0.717, 1.165) is 40.1 Å². The number of carbonyl (C=O) groups is 1. The van der Waals surface area contributed by atoms with Crippen LogP contribution < -0.4 is 10.2 Å². The molecule has 2 heterocycles. The summed E-state index contributed by atoms with van der Waals surface area (Å²) in [6.45, 7) is 2.06. The number of benzene rings is 2. The van der Waals surface area contributed by atoms with Gasteiger partial charge < -0.3 is 10.2 Å². The summed E-state index contributed by atoms with van der Waals surface area (Å²) in [6, 6.07) is 15.2. The maximum absolute atomic E-state index is 10.8. The van der Waals surface area contributed by atoms with Gasteiger partial charge in [0, 0.05) is 48.3 Å². The molecule has 0 amide bonds. The minimum Gasteiger partial charge on any atom is -0.329 e. The fraction of sp³-hybridized carbons (Fsp3) is 0.143.